The number of nitrogens with one attached hydrogen (secondary N) is 2. The van der Waals surface area contributed by atoms with Crippen molar-refractivity contribution < 1.29 is 9.21 Å². The fraction of sp³-hybridized carbons (Fsp3) is 0.333. The van der Waals surface area contributed by atoms with Gasteiger partial charge >= 0.3 is 0 Å². The number of carbonyl (C=O) groups excluding carboxylic acids is 1. The molecule has 5 nitrogen and oxygen atoms in total. The molecule has 2 rings (SSSR count). The molecule has 0 aromatic carbocycles. The van der Waals surface area contributed by atoms with Gasteiger partial charge < -0.3 is 15.1 Å². The first-order chi connectivity index (χ1) is 8.81. The van der Waals surface area contributed by atoms with E-state index in [4.69, 9.17) is 4.42 Å². The SMILES string of the molecule is CNCCCNC(=O)c1csc(-c2ccoc2)n1. The molecule has 0 saturated carbocycles. The Morgan fingerprint density at radius 2 is 2.39 bits per heavy atom. The maximum atomic E-state index is 11.8. The number of aromatic nitrogens is 1. The maximum absolute atomic E-state index is 11.8. The first kappa shape index (κ1) is 12.8. The van der Waals surface area contributed by atoms with Crippen LogP contribution in [0.2, 0.25) is 0 Å². The third-order valence-corrected chi connectivity index (χ3v) is 3.29. The molecule has 0 saturated heterocycles. The second-order valence-corrected chi connectivity index (χ2v) is 4.62. The molecule has 0 aliphatic rings. The summed E-state index contributed by atoms with van der Waals surface area (Å²) >= 11 is 1.44. The van der Waals surface area contributed by atoms with Gasteiger partial charge in [0.1, 0.15) is 17.0 Å². The summed E-state index contributed by atoms with van der Waals surface area (Å²) in [6.07, 6.45) is 4.11. The lowest BCUT2D eigenvalue weighted by molar-refractivity contribution is 0.0949. The van der Waals surface area contributed by atoms with Gasteiger partial charge in [-0.1, -0.05) is 0 Å². The third-order valence-electron chi connectivity index (χ3n) is 2.39. The van der Waals surface area contributed by atoms with Crippen molar-refractivity contribution in [2.45, 2.75) is 6.42 Å². The van der Waals surface area contributed by atoms with Gasteiger partial charge in [0, 0.05) is 17.5 Å². The fourth-order valence-electron chi connectivity index (χ4n) is 1.45. The van der Waals surface area contributed by atoms with Crippen molar-refractivity contribution in [3.63, 3.8) is 0 Å². The Bertz CT molecular complexity index is 493. The van der Waals surface area contributed by atoms with Crippen molar-refractivity contribution in [3.05, 3.63) is 29.7 Å². The van der Waals surface area contributed by atoms with E-state index >= 15 is 0 Å². The Labute approximate surface area is 109 Å². The van der Waals surface area contributed by atoms with Gasteiger partial charge in [0.2, 0.25) is 0 Å². The Kier molecular flexibility index (Phi) is 4.49. The van der Waals surface area contributed by atoms with Gasteiger partial charge in [0.25, 0.3) is 5.91 Å². The van der Waals surface area contributed by atoms with Crippen molar-refractivity contribution in [1.82, 2.24) is 15.6 Å². The summed E-state index contributed by atoms with van der Waals surface area (Å²) in [6.45, 7) is 1.54. The Morgan fingerprint density at radius 3 is 3.11 bits per heavy atom. The molecule has 0 spiro atoms. The molecular weight excluding hydrogens is 250 g/mol. The van der Waals surface area contributed by atoms with E-state index in [1.54, 1.807) is 17.9 Å². The van der Waals surface area contributed by atoms with Crippen LogP contribution in [0, 0.1) is 0 Å². The van der Waals surface area contributed by atoms with Crippen LogP contribution in [-0.4, -0.2) is 31.0 Å². The number of nitrogens with zero attached hydrogens (tertiary/aromatic N) is 1. The molecule has 2 aromatic rings. The van der Waals surface area contributed by atoms with Crippen molar-refractivity contribution in [2.75, 3.05) is 20.1 Å². The van der Waals surface area contributed by atoms with Crippen LogP contribution in [0.4, 0.5) is 0 Å². The normalized spacial score (nSPS) is 10.5. The van der Waals surface area contributed by atoms with Gasteiger partial charge in [-0.15, -0.1) is 11.3 Å². The summed E-state index contributed by atoms with van der Waals surface area (Å²) in [4.78, 5) is 16.1. The third kappa shape index (κ3) is 3.18. The molecular formula is C12H15N3O2S. The van der Waals surface area contributed by atoms with E-state index < -0.39 is 0 Å². The molecule has 0 atom stereocenters. The highest BCUT2D eigenvalue weighted by molar-refractivity contribution is 7.13. The Balaban J connectivity index is 1.91. The van der Waals surface area contributed by atoms with E-state index in [9.17, 15) is 4.79 Å². The molecule has 1 amide bonds. The minimum absolute atomic E-state index is 0.128. The second kappa shape index (κ2) is 6.32. The molecule has 0 bridgehead atoms. The van der Waals surface area contributed by atoms with Gasteiger partial charge in [0.05, 0.1) is 6.26 Å². The quantitative estimate of drug-likeness (QED) is 0.781. The van der Waals surface area contributed by atoms with Gasteiger partial charge in [0.15, 0.2) is 0 Å². The molecule has 0 unspecified atom stereocenters. The van der Waals surface area contributed by atoms with Crippen LogP contribution in [0.5, 0.6) is 0 Å². The van der Waals surface area contributed by atoms with Crippen LogP contribution >= 0.6 is 11.3 Å². The molecule has 6 heteroatoms. The lowest BCUT2D eigenvalue weighted by Gasteiger charge is -2.02. The monoisotopic (exact) mass is 265 g/mol. The zero-order valence-corrected chi connectivity index (χ0v) is 10.9. The van der Waals surface area contributed by atoms with E-state index in [0.717, 1.165) is 23.5 Å². The van der Waals surface area contributed by atoms with Crippen LogP contribution in [-0.2, 0) is 0 Å². The van der Waals surface area contributed by atoms with Crippen LogP contribution in [0.3, 0.4) is 0 Å². The van der Waals surface area contributed by atoms with E-state index in [2.05, 4.69) is 15.6 Å². The van der Waals surface area contributed by atoms with Gasteiger partial charge in [-0.3, -0.25) is 4.79 Å². The molecule has 0 aliphatic carbocycles. The summed E-state index contributed by atoms with van der Waals surface area (Å²) in [7, 11) is 1.89. The molecule has 96 valence electrons. The molecule has 2 N–H and O–H groups in total. The summed E-state index contributed by atoms with van der Waals surface area (Å²) in [5, 5.41) is 8.42. The fourth-order valence-corrected chi connectivity index (χ4v) is 2.24. The van der Waals surface area contributed by atoms with Gasteiger partial charge in [-0.05, 0) is 26.1 Å². The highest BCUT2D eigenvalue weighted by Gasteiger charge is 2.11. The highest BCUT2D eigenvalue weighted by atomic mass is 32.1. The maximum Gasteiger partial charge on any atom is 0.270 e. The molecule has 0 aliphatic heterocycles. The summed E-state index contributed by atoms with van der Waals surface area (Å²) in [6, 6.07) is 1.83. The van der Waals surface area contributed by atoms with E-state index in [-0.39, 0.29) is 5.91 Å². The molecule has 2 aromatic heterocycles. The average molecular weight is 265 g/mol. The number of amides is 1. The highest BCUT2D eigenvalue weighted by Crippen LogP contribution is 2.23. The Hall–Kier alpha value is -1.66. The number of carbonyl (C=O) groups is 1. The number of thiazole rings is 1. The van der Waals surface area contributed by atoms with E-state index in [0.29, 0.717) is 12.2 Å². The van der Waals surface area contributed by atoms with Crippen molar-refractivity contribution in [2.24, 2.45) is 0 Å². The summed E-state index contributed by atoms with van der Waals surface area (Å²) < 4.78 is 4.99. The lowest BCUT2D eigenvalue weighted by Crippen LogP contribution is -2.26. The number of hydrogen-bond donors (Lipinski definition) is 2. The molecule has 0 fully saturated rings. The zero-order chi connectivity index (χ0) is 12.8. The minimum atomic E-state index is -0.128. The lowest BCUT2D eigenvalue weighted by atomic mass is 10.3. The topological polar surface area (TPSA) is 67.2 Å². The van der Waals surface area contributed by atoms with Crippen LogP contribution in [0.25, 0.3) is 10.6 Å². The first-order valence-corrected chi connectivity index (χ1v) is 6.60. The average Bonchev–Trinajstić information content (AvgIpc) is 3.03. The predicted molar refractivity (Wildman–Crippen MR) is 70.7 cm³/mol. The summed E-state index contributed by atoms with van der Waals surface area (Å²) in [5.41, 5.74) is 1.36. The predicted octanol–water partition coefficient (Wildman–Crippen LogP) is 1.74. The Morgan fingerprint density at radius 1 is 1.50 bits per heavy atom. The van der Waals surface area contributed by atoms with Crippen LogP contribution in [0.1, 0.15) is 16.9 Å². The standard InChI is InChI=1S/C12H15N3O2S/c1-13-4-2-5-14-11(16)10-8-18-12(15-10)9-3-6-17-7-9/h3,6-8,13H,2,4-5H2,1H3,(H,14,16). The van der Waals surface area contributed by atoms with E-state index in [1.807, 2.05) is 13.1 Å². The van der Waals surface area contributed by atoms with Crippen molar-refractivity contribution in [3.8, 4) is 10.6 Å². The minimum Gasteiger partial charge on any atom is -0.472 e. The zero-order valence-electron chi connectivity index (χ0n) is 10.1. The van der Waals surface area contributed by atoms with Gasteiger partial charge in [-0.25, -0.2) is 4.98 Å². The molecule has 2 heterocycles. The molecule has 0 radical (unpaired) electrons. The smallest absolute Gasteiger partial charge is 0.270 e. The largest absolute Gasteiger partial charge is 0.472 e. The van der Waals surface area contributed by atoms with Crippen LogP contribution < -0.4 is 10.6 Å². The van der Waals surface area contributed by atoms with Gasteiger partial charge in [-0.2, -0.15) is 0 Å². The van der Waals surface area contributed by atoms with Crippen molar-refractivity contribution in [1.29, 1.82) is 0 Å². The molecule has 18 heavy (non-hydrogen) atoms. The number of rotatable bonds is 6. The van der Waals surface area contributed by atoms with Crippen molar-refractivity contribution >= 4 is 17.2 Å². The number of furan rings is 1. The summed E-state index contributed by atoms with van der Waals surface area (Å²) in [5.74, 6) is -0.128. The van der Waals surface area contributed by atoms with Crippen LogP contribution in [0.15, 0.2) is 28.4 Å². The second-order valence-electron chi connectivity index (χ2n) is 3.76. The first-order valence-electron chi connectivity index (χ1n) is 5.72. The van der Waals surface area contributed by atoms with E-state index in [1.165, 1.54) is 11.3 Å². The number of hydrogen-bond acceptors (Lipinski definition) is 5.